The van der Waals surface area contributed by atoms with Gasteiger partial charge in [-0.2, -0.15) is 0 Å². The van der Waals surface area contributed by atoms with Crippen LogP contribution in [0.5, 0.6) is 23.0 Å². The quantitative estimate of drug-likeness (QED) is 0.0401. The summed E-state index contributed by atoms with van der Waals surface area (Å²) in [5.74, 6) is -0.439. The van der Waals surface area contributed by atoms with E-state index >= 15 is 0 Å². The molecule has 38 heteroatoms. The Bertz CT molecular complexity index is 6950. The number of pyridine rings is 5. The number of hydrogen-bond donors (Lipinski definition) is 9. The number of benzene rings is 4. The van der Waals surface area contributed by atoms with Crippen LogP contribution in [0.3, 0.4) is 0 Å². The van der Waals surface area contributed by atoms with Gasteiger partial charge < -0.3 is 82.5 Å². The summed E-state index contributed by atoms with van der Waals surface area (Å²) in [5.41, 5.74) is 4.25. The molecule has 4 aromatic carbocycles. The first-order chi connectivity index (χ1) is 60.6. The molecule has 0 spiro atoms. The number of urea groups is 4. The van der Waals surface area contributed by atoms with Crippen LogP contribution in [0.4, 0.5) is 19.2 Å². The molecule has 0 saturated carbocycles. The third-order valence-corrected chi connectivity index (χ3v) is 23.2. The number of ether oxygens (including phenoxy) is 4. The Labute approximate surface area is 710 Å². The second-order valence-electron chi connectivity index (χ2n) is 31.0. The van der Waals surface area contributed by atoms with Gasteiger partial charge in [0.25, 0.3) is 52.8 Å². The lowest BCUT2D eigenvalue weighted by molar-refractivity contribution is -0.126. The van der Waals surface area contributed by atoms with Gasteiger partial charge in [0.15, 0.2) is 22.2 Å². The summed E-state index contributed by atoms with van der Waals surface area (Å²) in [4.78, 5) is 190. The van der Waals surface area contributed by atoms with Gasteiger partial charge in [0, 0.05) is 130 Å². The summed E-state index contributed by atoms with van der Waals surface area (Å²) >= 11 is 0. The minimum atomic E-state index is -1.66. The maximum atomic E-state index is 13.2. The molecule has 38 nitrogen and oxygen atoms in total. The summed E-state index contributed by atoms with van der Waals surface area (Å²) in [7, 11) is 6.11. The minimum Gasteiger partial charge on any atom is -0.497 e. The van der Waals surface area contributed by atoms with Crippen molar-refractivity contribution >= 4 is 115 Å². The van der Waals surface area contributed by atoms with E-state index in [-0.39, 0.29) is 102 Å². The molecule has 4 saturated heterocycles. The Morgan fingerprint density at radius 3 is 1.16 bits per heavy atom. The highest BCUT2D eigenvalue weighted by atomic mass is 16.5. The predicted molar refractivity (Wildman–Crippen MR) is 441 cm³/mol. The smallest absolute Gasteiger partial charge is 0.322 e. The Balaban J connectivity index is 0.000000114. The van der Waals surface area contributed by atoms with Crippen molar-refractivity contribution in [1.82, 2.24) is 87.1 Å². The molecule has 9 N–H and O–H groups in total. The molecule has 4 fully saturated rings. The number of H-pyrrole nitrogens is 1. The van der Waals surface area contributed by atoms with Gasteiger partial charge in [-0.3, -0.25) is 79.4 Å². The van der Waals surface area contributed by atoms with Gasteiger partial charge in [-0.25, -0.2) is 24.2 Å². The number of aromatic amines is 1. The van der Waals surface area contributed by atoms with Gasteiger partial charge in [-0.1, -0.05) is 24.3 Å². The Morgan fingerprint density at radius 2 is 0.754 bits per heavy atom. The summed E-state index contributed by atoms with van der Waals surface area (Å²) in [6.07, 6.45) is 8.11. The zero-order valence-corrected chi connectivity index (χ0v) is 67.9. The molecule has 0 bridgehead atoms. The van der Waals surface area contributed by atoms with Crippen LogP contribution in [-0.2, 0) is 67.5 Å². The molecule has 126 heavy (non-hydrogen) atoms. The van der Waals surface area contributed by atoms with Gasteiger partial charge >= 0.3 is 24.1 Å². The van der Waals surface area contributed by atoms with Gasteiger partial charge in [0.1, 0.15) is 62.8 Å². The van der Waals surface area contributed by atoms with E-state index in [1.807, 2.05) is 57.2 Å². The second-order valence-corrected chi connectivity index (χ2v) is 31.0. The zero-order chi connectivity index (χ0) is 88.2. The number of furan rings is 4. The van der Waals surface area contributed by atoms with Crippen molar-refractivity contribution in [3.63, 3.8) is 0 Å². The normalized spacial score (nSPS) is 20.0. The number of aryl methyl sites for hydroxylation is 3. The van der Waals surface area contributed by atoms with Crippen LogP contribution >= 0.6 is 0 Å². The number of carbonyl (C=O) groups excluding carboxylic acids is 12. The maximum absolute atomic E-state index is 13.2. The molecule has 0 radical (unpaired) electrons. The molecule has 13 aromatic rings. The molecule has 636 valence electrons. The van der Waals surface area contributed by atoms with Crippen LogP contribution in [0, 0.1) is 20.8 Å². The largest absolute Gasteiger partial charge is 0.497 e. The van der Waals surface area contributed by atoms with E-state index in [0.29, 0.717) is 86.0 Å². The minimum absolute atomic E-state index is 0.0684. The van der Waals surface area contributed by atoms with Crippen LogP contribution in [0.25, 0.3) is 55.1 Å². The van der Waals surface area contributed by atoms with Crippen LogP contribution in [0.2, 0.25) is 0 Å². The summed E-state index contributed by atoms with van der Waals surface area (Å²) in [6, 6.07) is 35.5. The molecule has 8 aliphatic heterocycles. The van der Waals surface area contributed by atoms with E-state index in [0.717, 1.165) is 55.8 Å². The van der Waals surface area contributed by atoms with E-state index in [2.05, 4.69) is 67.5 Å². The molecule has 9 aromatic heterocycles. The van der Waals surface area contributed by atoms with Crippen LogP contribution in [-0.4, -0.2) is 171 Å². The van der Waals surface area contributed by atoms with Crippen molar-refractivity contribution in [3.05, 3.63) is 259 Å². The van der Waals surface area contributed by atoms with Crippen LogP contribution in [0.1, 0.15) is 104 Å². The number of imide groups is 4. The number of hydrogen-bond acceptors (Lipinski definition) is 25. The highest BCUT2D eigenvalue weighted by Gasteiger charge is 2.58. The zero-order valence-electron chi connectivity index (χ0n) is 67.9. The van der Waals surface area contributed by atoms with E-state index in [9.17, 15) is 62.3 Å². The first kappa shape index (κ1) is 80.5. The number of amides is 16. The molecule has 21 rings (SSSR count). The van der Waals surface area contributed by atoms with Crippen molar-refractivity contribution in [3.8, 4) is 34.1 Å². The molecular formula is C88H73N17O21. The molecule has 8 aliphatic rings. The lowest BCUT2D eigenvalue weighted by Crippen LogP contribution is -2.52. The van der Waals surface area contributed by atoms with Crippen molar-refractivity contribution in [2.75, 3.05) is 54.6 Å². The second kappa shape index (κ2) is 30.8. The number of nitrogens with zero attached hydrogens (tertiary/aromatic N) is 8. The Hall–Kier alpha value is -16.6. The first-order valence-corrected chi connectivity index (χ1v) is 39.1. The standard InChI is InChI=1S/C25H19N5O5.C22H20N4O5.C21H18N4O5.C20H16N4O6/c1-34-18-3-2-15-12-30(22(31)19(15)10-18)13-25(23(32)28-24(33)29-25)20-9-16-8-17(11-27-21(16)35-20)14-4-6-26-7-5-14;1-11-6-17-15(12(2)23-11)8-18(31-17)22(20(28)24-21(29)25-22)10-26-9-13-4-5-14(30-3)7-16(13)19(26)27;1-11-5-16-13(8-22-11)6-17(30-16)21(19(27)23-20(28)24-21)10-25-9-12-3-4-14(29-2)7-15(12)18(25)26;1-29-11-3-2-10-8-24(17(26)12(10)6-11)9-20(18(27)22-19(28)23-20)15-7-13-14(30-15)4-5-21-16(13)25/h2-11H,12-13H2,1H3,(H2,28,29,32,33);4-8H,9-10H2,1-3H3,(H2,24,25,28,29);3-8H,9-10H2,1-2H3,(H2,23,24,27,28);2-7H,8-9H2,1H3,(H,21,25)(H2,22,23,27,28)/t25-;22-;21-;20-/m0000/s1. The number of carbonyl (C=O) groups is 12. The van der Waals surface area contributed by atoms with Crippen LogP contribution in [0.15, 0.2) is 187 Å². The van der Waals surface area contributed by atoms with E-state index in [1.165, 1.54) is 60.3 Å². The fourth-order valence-electron chi connectivity index (χ4n) is 16.8. The topological polar surface area (TPSA) is 488 Å². The lowest BCUT2D eigenvalue weighted by atomic mass is 9.95. The first-order valence-electron chi connectivity index (χ1n) is 39.1. The Kier molecular flexibility index (Phi) is 19.7. The van der Waals surface area contributed by atoms with Crippen molar-refractivity contribution in [1.29, 1.82) is 0 Å². The third-order valence-electron chi connectivity index (χ3n) is 23.2. The summed E-state index contributed by atoms with van der Waals surface area (Å²) in [6.45, 7) is 6.25. The van der Waals surface area contributed by atoms with Crippen molar-refractivity contribution in [2.45, 2.75) is 69.1 Å². The number of fused-ring (bicyclic) bond motifs is 8. The number of methoxy groups -OCH3 is 4. The van der Waals surface area contributed by atoms with Gasteiger partial charge in [-0.15, -0.1) is 0 Å². The lowest BCUT2D eigenvalue weighted by Gasteiger charge is -2.29. The number of aromatic nitrogens is 5. The molecule has 17 heterocycles. The number of nitrogens with one attached hydrogen (secondary N) is 9. The van der Waals surface area contributed by atoms with E-state index in [4.69, 9.17) is 36.6 Å². The highest BCUT2D eigenvalue weighted by molar-refractivity contribution is 6.12. The molecule has 0 aliphatic carbocycles. The summed E-state index contributed by atoms with van der Waals surface area (Å²) < 4.78 is 44.5. The fraction of sp³-hybridized carbons (Fsp3) is 0.216. The SMILES string of the molecule is COc1ccc2c(c1)C(=O)N(C[C@@]1(c3cc4c(=O)[nH]ccc4o3)NC(=O)NC1=O)C2.COc1ccc2c(c1)C(=O)N(C[C@@]1(c3cc4c(C)nc(C)cc4o3)NC(=O)NC1=O)C2.COc1ccc2c(c1)C(=O)N(C[C@@]1(c3cc4cc(-c5ccncc5)cnc4o3)NC(=O)NC1=O)C2.COc1ccc2c(c1)C(=O)N(C[C@@]1(c3cc4cnc(C)cc4o3)NC(=O)NC1=O)C2. The number of rotatable bonds is 17. The highest BCUT2D eigenvalue weighted by Crippen LogP contribution is 2.42. The average Bonchev–Trinajstić information content (AvgIpc) is 1.60. The van der Waals surface area contributed by atoms with Crippen molar-refractivity contribution in [2.24, 2.45) is 0 Å². The average molecular weight is 1700 g/mol. The maximum Gasteiger partial charge on any atom is 0.322 e. The molecule has 0 unspecified atom stereocenters. The van der Waals surface area contributed by atoms with Crippen molar-refractivity contribution < 1.29 is 94.2 Å². The molecular weight excluding hydrogens is 1630 g/mol. The van der Waals surface area contributed by atoms with E-state index in [1.54, 1.807) is 116 Å². The Morgan fingerprint density at radius 1 is 0.373 bits per heavy atom. The van der Waals surface area contributed by atoms with Gasteiger partial charge in [0.05, 0.1) is 60.0 Å². The van der Waals surface area contributed by atoms with Gasteiger partial charge in [0.2, 0.25) is 5.71 Å². The fourth-order valence-corrected chi connectivity index (χ4v) is 16.8. The van der Waals surface area contributed by atoms with E-state index < -0.39 is 69.9 Å². The molecule has 16 amide bonds. The summed E-state index contributed by atoms with van der Waals surface area (Å²) in [5, 5.41) is 22.0. The van der Waals surface area contributed by atoms with Gasteiger partial charge in [-0.05, 0) is 146 Å². The third kappa shape index (κ3) is 13.9. The monoisotopic (exact) mass is 1700 g/mol. The predicted octanol–water partition coefficient (Wildman–Crippen LogP) is 7.39. The van der Waals surface area contributed by atoms with Crippen LogP contribution < -0.4 is 67.0 Å². The molecule has 4 atom stereocenters.